The molecule has 0 spiro atoms. The van der Waals surface area contributed by atoms with Crippen LogP contribution in [-0.2, 0) is 10.0 Å². The molecule has 0 unspecified atom stereocenters. The zero-order chi connectivity index (χ0) is 17.3. The van der Waals surface area contributed by atoms with Crippen LogP contribution < -0.4 is 5.73 Å². The number of halogens is 1. The number of benzene rings is 1. The predicted octanol–water partition coefficient (Wildman–Crippen LogP) is 2.16. The summed E-state index contributed by atoms with van der Waals surface area (Å²) >= 11 is 5.94. The molecule has 0 aliphatic rings. The first kappa shape index (κ1) is 18.8. The van der Waals surface area contributed by atoms with Crippen molar-refractivity contribution in [3.05, 3.63) is 32.8 Å². The van der Waals surface area contributed by atoms with Gasteiger partial charge in [-0.25, -0.2) is 12.7 Å². The summed E-state index contributed by atoms with van der Waals surface area (Å²) in [4.78, 5) is 10.0. The fourth-order valence-corrected chi connectivity index (χ4v) is 3.95. The van der Waals surface area contributed by atoms with E-state index in [1.54, 1.807) is 6.92 Å². The van der Waals surface area contributed by atoms with Crippen molar-refractivity contribution in [3.8, 4) is 0 Å². The van der Waals surface area contributed by atoms with Crippen molar-refractivity contribution in [1.82, 2.24) is 4.31 Å². The number of nitro groups is 1. The molecule has 22 heavy (non-hydrogen) atoms. The highest BCUT2D eigenvalue weighted by molar-refractivity contribution is 7.89. The summed E-state index contributed by atoms with van der Waals surface area (Å²) in [5, 5.41) is 10.6. The van der Waals surface area contributed by atoms with Crippen LogP contribution in [0.25, 0.3) is 0 Å². The van der Waals surface area contributed by atoms with Crippen molar-refractivity contribution in [2.75, 3.05) is 20.1 Å². The highest BCUT2D eigenvalue weighted by Gasteiger charge is 2.31. The van der Waals surface area contributed by atoms with Crippen LogP contribution in [0.2, 0.25) is 5.02 Å². The monoisotopic (exact) mass is 349 g/mol. The van der Waals surface area contributed by atoms with Gasteiger partial charge < -0.3 is 5.73 Å². The molecule has 0 aliphatic heterocycles. The topological polar surface area (TPSA) is 107 Å². The Kier molecular flexibility index (Phi) is 5.56. The molecule has 0 radical (unpaired) electrons. The fourth-order valence-electron chi connectivity index (χ4n) is 1.96. The molecular formula is C13H20ClN3O4S. The number of nitro benzene ring substituents is 1. The Morgan fingerprint density at radius 3 is 2.41 bits per heavy atom. The number of nitrogens with zero attached hydrogens (tertiary/aromatic N) is 2. The van der Waals surface area contributed by atoms with Crippen LogP contribution in [-0.4, -0.2) is 37.8 Å². The van der Waals surface area contributed by atoms with E-state index in [-0.39, 0.29) is 16.5 Å². The van der Waals surface area contributed by atoms with Crippen molar-refractivity contribution in [3.63, 3.8) is 0 Å². The van der Waals surface area contributed by atoms with E-state index >= 15 is 0 Å². The number of hydrogen-bond donors (Lipinski definition) is 1. The Morgan fingerprint density at radius 2 is 1.95 bits per heavy atom. The van der Waals surface area contributed by atoms with Crippen molar-refractivity contribution in [2.24, 2.45) is 11.1 Å². The van der Waals surface area contributed by atoms with Gasteiger partial charge in [0.1, 0.15) is 9.92 Å². The molecule has 0 aliphatic carbocycles. The number of hydrogen-bond acceptors (Lipinski definition) is 5. The average Bonchev–Trinajstić information content (AvgIpc) is 2.40. The minimum absolute atomic E-state index is 0.171. The molecule has 0 saturated carbocycles. The number of rotatable bonds is 6. The summed E-state index contributed by atoms with van der Waals surface area (Å²) in [5.74, 6) is 0. The van der Waals surface area contributed by atoms with E-state index in [1.165, 1.54) is 19.2 Å². The van der Waals surface area contributed by atoms with Crippen LogP contribution in [0, 0.1) is 22.5 Å². The van der Waals surface area contributed by atoms with E-state index in [0.717, 1.165) is 4.31 Å². The molecule has 0 saturated heterocycles. The van der Waals surface area contributed by atoms with Crippen LogP contribution in [0.4, 0.5) is 5.69 Å². The van der Waals surface area contributed by atoms with Gasteiger partial charge in [0.15, 0.2) is 0 Å². The normalized spacial score (nSPS) is 12.7. The molecule has 2 N–H and O–H groups in total. The van der Waals surface area contributed by atoms with Crippen molar-refractivity contribution in [1.29, 1.82) is 0 Å². The smallest absolute Gasteiger partial charge is 0.289 e. The van der Waals surface area contributed by atoms with E-state index in [2.05, 4.69) is 0 Å². The minimum atomic E-state index is -3.95. The molecule has 0 atom stereocenters. The third-order valence-corrected chi connectivity index (χ3v) is 5.59. The minimum Gasteiger partial charge on any atom is -0.330 e. The number of aryl methyl sites for hydroxylation is 1. The molecule has 0 aromatic heterocycles. The lowest BCUT2D eigenvalue weighted by Gasteiger charge is -2.28. The lowest BCUT2D eigenvalue weighted by molar-refractivity contribution is -0.385. The van der Waals surface area contributed by atoms with Crippen LogP contribution in [0.3, 0.4) is 0 Å². The zero-order valence-corrected chi connectivity index (χ0v) is 14.5. The van der Waals surface area contributed by atoms with Gasteiger partial charge in [-0.1, -0.05) is 25.4 Å². The Morgan fingerprint density at radius 1 is 1.41 bits per heavy atom. The van der Waals surface area contributed by atoms with E-state index in [1.807, 2.05) is 13.8 Å². The van der Waals surface area contributed by atoms with Gasteiger partial charge in [-0.2, -0.15) is 0 Å². The predicted molar refractivity (Wildman–Crippen MR) is 85.5 cm³/mol. The van der Waals surface area contributed by atoms with Crippen LogP contribution in [0.15, 0.2) is 17.0 Å². The summed E-state index contributed by atoms with van der Waals surface area (Å²) in [7, 11) is -2.55. The summed E-state index contributed by atoms with van der Waals surface area (Å²) in [6.45, 7) is 5.71. The number of sulfonamides is 1. The molecule has 0 bridgehead atoms. The molecular weight excluding hydrogens is 330 g/mol. The van der Waals surface area contributed by atoms with Crippen LogP contribution >= 0.6 is 11.6 Å². The average molecular weight is 350 g/mol. The first-order valence-corrected chi connectivity index (χ1v) is 8.35. The molecule has 1 aromatic rings. The van der Waals surface area contributed by atoms with E-state index in [0.29, 0.717) is 12.1 Å². The molecule has 1 aromatic carbocycles. The second-order valence-corrected chi connectivity index (χ2v) is 8.37. The van der Waals surface area contributed by atoms with Gasteiger partial charge in [-0.05, 0) is 30.5 Å². The summed E-state index contributed by atoms with van der Waals surface area (Å²) in [5.41, 5.74) is 5.21. The maximum absolute atomic E-state index is 12.7. The largest absolute Gasteiger partial charge is 0.330 e. The lowest BCUT2D eigenvalue weighted by atomic mass is 9.94. The van der Waals surface area contributed by atoms with Crippen molar-refractivity contribution < 1.29 is 13.3 Å². The molecule has 0 amide bonds. The molecule has 7 nitrogen and oxygen atoms in total. The fraction of sp³-hybridized carbons (Fsp3) is 0.538. The maximum Gasteiger partial charge on any atom is 0.289 e. The summed E-state index contributed by atoms with van der Waals surface area (Å²) in [6, 6.07) is 2.57. The molecule has 0 fully saturated rings. The highest BCUT2D eigenvalue weighted by atomic mass is 35.5. The summed E-state index contributed by atoms with van der Waals surface area (Å²) in [6.07, 6.45) is 0. The van der Waals surface area contributed by atoms with E-state index in [4.69, 9.17) is 17.3 Å². The number of nitrogens with two attached hydrogens (primary N) is 1. The van der Waals surface area contributed by atoms with Crippen molar-refractivity contribution in [2.45, 2.75) is 25.7 Å². The molecule has 0 heterocycles. The van der Waals surface area contributed by atoms with Crippen LogP contribution in [0.5, 0.6) is 0 Å². The maximum atomic E-state index is 12.7. The Labute approximate surface area is 135 Å². The standard InChI is InChI=1S/C13H20ClN3O4S/c1-9-5-10(17(18)19)12(14)11(6-9)22(20,21)16(4)8-13(2,3)7-15/h5-6H,7-8,15H2,1-4H3. The Hall–Kier alpha value is -1.22. The van der Waals surface area contributed by atoms with Gasteiger partial charge in [-0.3, -0.25) is 10.1 Å². The summed E-state index contributed by atoms with van der Waals surface area (Å²) < 4.78 is 26.4. The lowest BCUT2D eigenvalue weighted by Crippen LogP contribution is -2.39. The first-order chi connectivity index (χ1) is 9.92. The van der Waals surface area contributed by atoms with Gasteiger partial charge in [-0.15, -0.1) is 0 Å². The SMILES string of the molecule is Cc1cc([N+](=O)[O-])c(Cl)c(S(=O)(=O)N(C)CC(C)(C)CN)c1. The molecule has 1 rings (SSSR count). The Bertz CT molecular complexity index is 689. The van der Waals surface area contributed by atoms with Crippen LogP contribution in [0.1, 0.15) is 19.4 Å². The highest BCUT2D eigenvalue weighted by Crippen LogP contribution is 2.34. The van der Waals surface area contributed by atoms with Crippen molar-refractivity contribution >= 4 is 27.3 Å². The third-order valence-electron chi connectivity index (χ3n) is 3.25. The zero-order valence-electron chi connectivity index (χ0n) is 13.0. The first-order valence-electron chi connectivity index (χ1n) is 6.53. The van der Waals surface area contributed by atoms with Gasteiger partial charge in [0, 0.05) is 19.7 Å². The van der Waals surface area contributed by atoms with E-state index < -0.39 is 26.0 Å². The third kappa shape index (κ3) is 3.95. The second-order valence-electron chi connectivity index (χ2n) is 5.98. The molecule has 9 heteroatoms. The van der Waals surface area contributed by atoms with Gasteiger partial charge in [0.2, 0.25) is 10.0 Å². The van der Waals surface area contributed by atoms with Gasteiger partial charge in [0.05, 0.1) is 4.92 Å². The van der Waals surface area contributed by atoms with Gasteiger partial charge >= 0.3 is 0 Å². The Balaban J connectivity index is 3.38. The quantitative estimate of drug-likeness (QED) is 0.625. The molecule has 124 valence electrons. The van der Waals surface area contributed by atoms with E-state index in [9.17, 15) is 18.5 Å². The second kappa shape index (κ2) is 6.49. The van der Waals surface area contributed by atoms with Gasteiger partial charge in [0.25, 0.3) is 5.69 Å².